The number of fused-ring (bicyclic) bond motifs is 2. The number of benzene rings is 3. The Bertz CT molecular complexity index is 1480. The maximum atomic E-state index is 13.3. The molecule has 38 heavy (non-hydrogen) atoms. The molecule has 6 heteroatoms. The molecular formula is C32H22Cl2F3Zr. The fourth-order valence-corrected chi connectivity index (χ4v) is 5.77. The molecule has 0 saturated heterocycles. The summed E-state index contributed by atoms with van der Waals surface area (Å²) < 4.78 is 39.9. The number of allylic oxidation sites excluding steroid dienone is 9. The van der Waals surface area contributed by atoms with Gasteiger partial charge in [0, 0.05) is 11.3 Å². The second-order valence-corrected chi connectivity index (χ2v) is 9.28. The van der Waals surface area contributed by atoms with Crippen LogP contribution in [0.25, 0.3) is 11.6 Å². The number of rotatable bonds is 3. The number of halogens is 5. The molecule has 0 saturated carbocycles. The fourth-order valence-electron chi connectivity index (χ4n) is 5.77. The summed E-state index contributed by atoms with van der Waals surface area (Å²) >= 11 is 0. The summed E-state index contributed by atoms with van der Waals surface area (Å²) in [6.45, 7) is 2.05. The van der Waals surface area contributed by atoms with Crippen molar-refractivity contribution in [1.29, 1.82) is 0 Å². The van der Waals surface area contributed by atoms with Crippen LogP contribution in [0.4, 0.5) is 13.2 Å². The standard InChI is InChI=1S/C32H22F3.2ClH.Zr/c1-21-18-24-9-7-17-31(29(24)19-21,25-10-3-2-4-11-25)30-27-12-6-5-8-23(27)20-28(30)22-13-15-26(16-14-22)32(33,34)35;;;/h2-17,19-20,30H,1H3;2*1H;/q-1;;;+3/p-2. The Labute approximate surface area is 252 Å². The molecule has 0 fully saturated rings. The van der Waals surface area contributed by atoms with Gasteiger partial charge in [-0.3, -0.25) is 0 Å². The summed E-state index contributed by atoms with van der Waals surface area (Å²) in [6, 6.07) is 24.2. The topological polar surface area (TPSA) is 0 Å². The molecule has 0 aromatic heterocycles. The van der Waals surface area contributed by atoms with Crippen LogP contribution in [-0.4, -0.2) is 0 Å². The van der Waals surface area contributed by atoms with E-state index in [1.54, 1.807) is 12.1 Å². The number of hydrogen-bond acceptors (Lipinski definition) is 0. The minimum atomic E-state index is -4.37. The van der Waals surface area contributed by atoms with Crippen LogP contribution in [0.2, 0.25) is 0 Å². The molecule has 189 valence electrons. The average molecular weight is 626 g/mol. The van der Waals surface area contributed by atoms with Gasteiger partial charge in [-0.2, -0.15) is 24.8 Å². The predicted molar refractivity (Wildman–Crippen MR) is 134 cm³/mol. The van der Waals surface area contributed by atoms with Crippen molar-refractivity contribution in [3.05, 3.63) is 154 Å². The Morgan fingerprint density at radius 3 is 2.16 bits per heavy atom. The zero-order chi connectivity index (χ0) is 24.2. The van der Waals surface area contributed by atoms with Crippen molar-refractivity contribution >= 4 is 11.6 Å². The molecular weight excluding hydrogens is 603 g/mol. The SMILES string of the molecule is CC1=[C-]C2=CC=CC(c3ccccc3)(C3C(c4ccc(C(F)(F)F)cc4)=Cc4ccccc43)C2=C1.[Cl-].[Cl-].[Zr+3]. The van der Waals surface area contributed by atoms with Crippen molar-refractivity contribution in [3.63, 3.8) is 0 Å². The third-order valence-corrected chi connectivity index (χ3v) is 7.23. The molecule has 6 rings (SSSR count). The molecule has 3 aromatic rings. The second-order valence-electron chi connectivity index (χ2n) is 9.28. The molecule has 3 aromatic carbocycles. The van der Waals surface area contributed by atoms with E-state index < -0.39 is 17.2 Å². The third kappa shape index (κ3) is 4.88. The van der Waals surface area contributed by atoms with Gasteiger partial charge in [0.05, 0.1) is 5.56 Å². The van der Waals surface area contributed by atoms with Gasteiger partial charge in [0.1, 0.15) is 0 Å². The van der Waals surface area contributed by atoms with Gasteiger partial charge < -0.3 is 24.8 Å². The summed E-state index contributed by atoms with van der Waals surface area (Å²) in [5, 5.41) is 0. The zero-order valence-corrected chi connectivity index (χ0v) is 24.3. The van der Waals surface area contributed by atoms with E-state index in [1.165, 1.54) is 23.3 Å². The van der Waals surface area contributed by atoms with Gasteiger partial charge in [-0.25, -0.2) is 0 Å². The second kappa shape index (κ2) is 11.4. The van der Waals surface area contributed by atoms with Crippen molar-refractivity contribution in [2.75, 3.05) is 0 Å². The van der Waals surface area contributed by atoms with Crippen LogP contribution in [-0.2, 0) is 37.8 Å². The Morgan fingerprint density at radius 1 is 0.816 bits per heavy atom. The van der Waals surface area contributed by atoms with Crippen molar-refractivity contribution in [2.24, 2.45) is 0 Å². The largest absolute Gasteiger partial charge is 3.00 e. The van der Waals surface area contributed by atoms with E-state index in [1.807, 2.05) is 30.3 Å². The third-order valence-electron chi connectivity index (χ3n) is 7.23. The summed E-state index contributed by atoms with van der Waals surface area (Å²) in [4.78, 5) is 0. The maximum Gasteiger partial charge on any atom is 3.00 e. The van der Waals surface area contributed by atoms with Crippen LogP contribution >= 0.6 is 0 Å². The quantitative estimate of drug-likeness (QED) is 0.393. The minimum absolute atomic E-state index is 0. The van der Waals surface area contributed by atoms with E-state index in [4.69, 9.17) is 0 Å². The smallest absolute Gasteiger partial charge is 1.00 e. The molecule has 0 heterocycles. The maximum absolute atomic E-state index is 13.3. The average Bonchev–Trinajstić information content (AvgIpc) is 3.44. The summed E-state index contributed by atoms with van der Waals surface area (Å²) in [5.74, 6) is -0.114. The summed E-state index contributed by atoms with van der Waals surface area (Å²) in [7, 11) is 0. The molecule has 0 amide bonds. The Morgan fingerprint density at radius 2 is 1.47 bits per heavy atom. The van der Waals surface area contributed by atoms with E-state index in [0.29, 0.717) is 0 Å². The number of hydrogen-bond donors (Lipinski definition) is 0. The molecule has 0 bridgehead atoms. The summed E-state index contributed by atoms with van der Waals surface area (Å²) in [6.07, 6.45) is 9.91. The molecule has 0 nitrogen and oxygen atoms in total. The van der Waals surface area contributed by atoms with Crippen LogP contribution in [0.5, 0.6) is 0 Å². The molecule has 3 aliphatic rings. The Balaban J connectivity index is 0.00000133. The number of alkyl halides is 3. The summed E-state index contributed by atoms with van der Waals surface area (Å²) in [5.41, 5.74) is 7.35. The van der Waals surface area contributed by atoms with E-state index in [0.717, 1.165) is 33.4 Å². The normalized spacial score (nSPS) is 20.9. The van der Waals surface area contributed by atoms with Crippen LogP contribution < -0.4 is 24.8 Å². The van der Waals surface area contributed by atoms with Gasteiger partial charge in [-0.05, 0) is 40.0 Å². The molecule has 2 unspecified atom stereocenters. The molecule has 1 radical (unpaired) electrons. The van der Waals surface area contributed by atoms with Crippen LogP contribution in [0, 0.1) is 6.08 Å². The zero-order valence-electron chi connectivity index (χ0n) is 20.4. The van der Waals surface area contributed by atoms with Crippen molar-refractivity contribution in [2.45, 2.75) is 24.4 Å². The molecule has 3 aliphatic carbocycles. The van der Waals surface area contributed by atoms with Gasteiger partial charge in [-0.15, -0.1) is 29.4 Å². The van der Waals surface area contributed by atoms with Gasteiger partial charge in [-0.1, -0.05) is 85.8 Å². The van der Waals surface area contributed by atoms with Crippen molar-refractivity contribution < 1.29 is 64.2 Å². The van der Waals surface area contributed by atoms with Gasteiger partial charge in [0.2, 0.25) is 0 Å². The Kier molecular flexibility index (Phi) is 9.03. The van der Waals surface area contributed by atoms with Gasteiger partial charge >= 0.3 is 32.4 Å². The molecule has 0 N–H and O–H groups in total. The van der Waals surface area contributed by atoms with Crippen molar-refractivity contribution in [3.8, 4) is 0 Å². The Hall–Kier alpha value is -2.39. The predicted octanol–water partition coefficient (Wildman–Crippen LogP) is 2.47. The van der Waals surface area contributed by atoms with E-state index in [-0.39, 0.29) is 56.9 Å². The van der Waals surface area contributed by atoms with Gasteiger partial charge in [0.25, 0.3) is 0 Å². The minimum Gasteiger partial charge on any atom is -1.00 e. The molecule has 0 aliphatic heterocycles. The monoisotopic (exact) mass is 623 g/mol. The van der Waals surface area contributed by atoms with E-state index in [2.05, 4.69) is 67.6 Å². The van der Waals surface area contributed by atoms with Crippen LogP contribution in [0.3, 0.4) is 0 Å². The first-order chi connectivity index (χ1) is 16.9. The molecule has 0 spiro atoms. The van der Waals surface area contributed by atoms with Crippen LogP contribution in [0.15, 0.2) is 120 Å². The first kappa shape index (κ1) is 30.2. The van der Waals surface area contributed by atoms with E-state index >= 15 is 0 Å². The first-order valence-electron chi connectivity index (χ1n) is 11.6. The first-order valence-corrected chi connectivity index (χ1v) is 11.6. The fraction of sp³-hybridized carbons (Fsp3) is 0.125. The molecule has 2 atom stereocenters. The van der Waals surface area contributed by atoms with Crippen LogP contribution in [0.1, 0.15) is 40.7 Å². The van der Waals surface area contributed by atoms with Gasteiger partial charge in [0.15, 0.2) is 0 Å². The van der Waals surface area contributed by atoms with Crippen molar-refractivity contribution in [1.82, 2.24) is 0 Å². The van der Waals surface area contributed by atoms with E-state index in [9.17, 15) is 13.2 Å².